The monoisotopic (exact) mass is 304 g/mol. The minimum Gasteiger partial charge on any atom is -0.379 e. The van der Waals surface area contributed by atoms with Crippen LogP contribution in [0.4, 0.5) is 0 Å². The van der Waals surface area contributed by atoms with Crippen molar-refractivity contribution < 1.29 is 0 Å². The van der Waals surface area contributed by atoms with Crippen molar-refractivity contribution in [3.8, 4) is 0 Å². The van der Waals surface area contributed by atoms with E-state index in [9.17, 15) is 4.79 Å². The van der Waals surface area contributed by atoms with Crippen LogP contribution in [0.3, 0.4) is 0 Å². The summed E-state index contributed by atoms with van der Waals surface area (Å²) in [4.78, 5) is 23.4. The molecule has 5 nitrogen and oxygen atoms in total. The smallest absolute Gasteiger partial charge is 0.258 e. The highest BCUT2D eigenvalue weighted by molar-refractivity contribution is 8.13. The number of para-hydroxylation sites is 1. The molecule has 2 rings (SSSR count). The van der Waals surface area contributed by atoms with Crippen LogP contribution in [0, 0.1) is 5.92 Å². The second kappa shape index (κ2) is 7.26. The van der Waals surface area contributed by atoms with Gasteiger partial charge in [-0.2, -0.15) is 0 Å². The maximum absolute atomic E-state index is 11.9. The molecular formula is C15H20N4OS. The minimum atomic E-state index is -0.119. The number of nitrogens with zero attached hydrogens (tertiary/aromatic N) is 2. The fourth-order valence-electron chi connectivity index (χ4n) is 1.82. The summed E-state index contributed by atoms with van der Waals surface area (Å²) in [6.07, 6.45) is 1.02. The van der Waals surface area contributed by atoms with E-state index >= 15 is 0 Å². The molecule has 0 saturated heterocycles. The minimum absolute atomic E-state index is 0.119. The van der Waals surface area contributed by atoms with Gasteiger partial charge in [0.05, 0.1) is 16.7 Å². The Kier molecular flexibility index (Phi) is 5.38. The summed E-state index contributed by atoms with van der Waals surface area (Å²) in [5.41, 5.74) is 6.43. The summed E-state index contributed by atoms with van der Waals surface area (Å²) in [5.74, 6) is 1.74. The summed E-state index contributed by atoms with van der Waals surface area (Å²) in [6, 6.07) is 7.29. The maximum Gasteiger partial charge on any atom is 0.258 e. The molecule has 6 heteroatoms. The zero-order valence-electron chi connectivity index (χ0n) is 12.3. The van der Waals surface area contributed by atoms with Crippen LogP contribution in [0.5, 0.6) is 0 Å². The van der Waals surface area contributed by atoms with Gasteiger partial charge in [-0.25, -0.2) is 4.98 Å². The molecule has 0 aliphatic rings. The standard InChI is InChI=1S/C15H20N4OS/c1-10(2)7-8-17-15(16)21-9-13-18-12-6-4-3-5-11(12)14(20)19-13/h3-6,10H,7-9H2,1-2H3,(H2,16,17)(H,18,19,20). The number of nitrogens with one attached hydrogen (secondary N) is 1. The fourth-order valence-corrected chi connectivity index (χ4v) is 2.43. The largest absolute Gasteiger partial charge is 0.379 e. The number of rotatable bonds is 5. The summed E-state index contributed by atoms with van der Waals surface area (Å²) >= 11 is 1.39. The van der Waals surface area contributed by atoms with E-state index in [1.807, 2.05) is 18.2 Å². The first-order chi connectivity index (χ1) is 10.1. The number of hydrogen-bond acceptors (Lipinski definition) is 4. The molecule has 21 heavy (non-hydrogen) atoms. The molecule has 0 fully saturated rings. The Labute approximate surface area is 128 Å². The van der Waals surface area contributed by atoms with Crippen LogP contribution in [0.2, 0.25) is 0 Å². The van der Waals surface area contributed by atoms with E-state index < -0.39 is 0 Å². The SMILES string of the molecule is CC(C)CCN=C(N)SCc1nc2ccccc2c(=O)[nH]1. The van der Waals surface area contributed by atoms with E-state index in [0.717, 1.165) is 13.0 Å². The average molecular weight is 304 g/mol. The lowest BCUT2D eigenvalue weighted by Gasteiger charge is -2.04. The van der Waals surface area contributed by atoms with Crippen molar-refractivity contribution in [1.82, 2.24) is 9.97 Å². The van der Waals surface area contributed by atoms with Crippen molar-refractivity contribution in [1.29, 1.82) is 0 Å². The van der Waals surface area contributed by atoms with Gasteiger partial charge in [0.15, 0.2) is 5.17 Å². The average Bonchev–Trinajstić information content (AvgIpc) is 2.45. The molecule has 0 atom stereocenters. The first kappa shape index (κ1) is 15.6. The van der Waals surface area contributed by atoms with Crippen LogP contribution >= 0.6 is 11.8 Å². The van der Waals surface area contributed by atoms with Crippen molar-refractivity contribution in [3.63, 3.8) is 0 Å². The topological polar surface area (TPSA) is 84.1 Å². The normalized spacial score (nSPS) is 12.2. The molecule has 1 aromatic heterocycles. The third-order valence-electron chi connectivity index (χ3n) is 2.99. The van der Waals surface area contributed by atoms with Gasteiger partial charge in [-0.1, -0.05) is 37.7 Å². The molecule has 0 unspecified atom stereocenters. The molecule has 112 valence electrons. The molecule has 0 amide bonds. The Morgan fingerprint density at radius 3 is 2.95 bits per heavy atom. The van der Waals surface area contributed by atoms with Gasteiger partial charge in [0, 0.05) is 6.54 Å². The molecule has 1 heterocycles. The Hall–Kier alpha value is -1.82. The van der Waals surface area contributed by atoms with Gasteiger partial charge in [-0.15, -0.1) is 0 Å². The zero-order valence-corrected chi connectivity index (χ0v) is 13.1. The second-order valence-electron chi connectivity index (χ2n) is 5.22. The highest BCUT2D eigenvalue weighted by Crippen LogP contribution is 2.11. The van der Waals surface area contributed by atoms with E-state index in [1.165, 1.54) is 11.8 Å². The molecular weight excluding hydrogens is 284 g/mol. The van der Waals surface area contributed by atoms with Gasteiger partial charge in [0.2, 0.25) is 0 Å². The second-order valence-corrected chi connectivity index (χ2v) is 6.22. The van der Waals surface area contributed by atoms with Gasteiger partial charge in [0.1, 0.15) is 5.82 Å². The molecule has 0 radical (unpaired) electrons. The Morgan fingerprint density at radius 2 is 2.19 bits per heavy atom. The number of benzene rings is 1. The van der Waals surface area contributed by atoms with Gasteiger partial charge < -0.3 is 10.7 Å². The number of nitrogens with two attached hydrogens (primary N) is 1. The van der Waals surface area contributed by atoms with Crippen molar-refractivity contribution >= 4 is 27.8 Å². The highest BCUT2D eigenvalue weighted by atomic mass is 32.2. The van der Waals surface area contributed by atoms with Crippen molar-refractivity contribution in [2.75, 3.05) is 6.54 Å². The summed E-state index contributed by atoms with van der Waals surface area (Å²) in [6.45, 7) is 5.04. The molecule has 2 aromatic rings. The number of H-pyrrole nitrogens is 1. The van der Waals surface area contributed by atoms with Crippen LogP contribution in [-0.2, 0) is 5.75 Å². The molecule has 0 bridgehead atoms. The summed E-state index contributed by atoms with van der Waals surface area (Å²) < 4.78 is 0. The van der Waals surface area contributed by atoms with E-state index in [-0.39, 0.29) is 5.56 Å². The third kappa shape index (κ3) is 4.60. The predicted octanol–water partition coefficient (Wildman–Crippen LogP) is 2.52. The number of aromatic nitrogens is 2. The summed E-state index contributed by atoms with van der Waals surface area (Å²) in [7, 11) is 0. The van der Waals surface area contributed by atoms with Gasteiger partial charge >= 0.3 is 0 Å². The van der Waals surface area contributed by atoms with Crippen molar-refractivity contribution in [2.45, 2.75) is 26.0 Å². The van der Waals surface area contributed by atoms with E-state index in [1.54, 1.807) is 6.07 Å². The molecule has 0 saturated carbocycles. The number of aliphatic imine (C=N–C) groups is 1. The van der Waals surface area contributed by atoms with Gasteiger partial charge in [-0.3, -0.25) is 9.79 Å². The van der Waals surface area contributed by atoms with E-state index in [0.29, 0.717) is 33.6 Å². The molecule has 0 aliphatic heterocycles. The molecule has 0 aliphatic carbocycles. The number of aromatic amines is 1. The predicted molar refractivity (Wildman–Crippen MR) is 89.6 cm³/mol. The Bertz CT molecular complexity index is 693. The third-order valence-corrected chi connectivity index (χ3v) is 3.84. The lowest BCUT2D eigenvalue weighted by Crippen LogP contribution is -2.13. The number of amidine groups is 1. The van der Waals surface area contributed by atoms with Gasteiger partial charge in [0.25, 0.3) is 5.56 Å². The summed E-state index contributed by atoms with van der Waals surface area (Å²) in [5, 5.41) is 1.14. The van der Waals surface area contributed by atoms with Crippen molar-refractivity contribution in [3.05, 3.63) is 40.4 Å². The van der Waals surface area contributed by atoms with Crippen LogP contribution in [0.25, 0.3) is 10.9 Å². The first-order valence-corrected chi connectivity index (χ1v) is 7.95. The molecule has 3 N–H and O–H groups in total. The van der Waals surface area contributed by atoms with Crippen molar-refractivity contribution in [2.24, 2.45) is 16.6 Å². The fraction of sp³-hybridized carbons (Fsp3) is 0.400. The lowest BCUT2D eigenvalue weighted by molar-refractivity contribution is 0.597. The van der Waals surface area contributed by atoms with E-state index in [2.05, 4.69) is 28.8 Å². The molecule has 0 spiro atoms. The first-order valence-electron chi connectivity index (χ1n) is 6.97. The van der Waals surface area contributed by atoms with Crippen LogP contribution < -0.4 is 11.3 Å². The van der Waals surface area contributed by atoms with Crippen LogP contribution in [-0.4, -0.2) is 21.7 Å². The number of thioether (sulfide) groups is 1. The Morgan fingerprint density at radius 1 is 1.43 bits per heavy atom. The van der Waals surface area contributed by atoms with Crippen LogP contribution in [0.15, 0.2) is 34.1 Å². The molecule has 1 aromatic carbocycles. The maximum atomic E-state index is 11.9. The zero-order chi connectivity index (χ0) is 15.2. The lowest BCUT2D eigenvalue weighted by atomic mass is 10.1. The highest BCUT2D eigenvalue weighted by Gasteiger charge is 2.04. The number of hydrogen-bond donors (Lipinski definition) is 2. The number of fused-ring (bicyclic) bond motifs is 1. The van der Waals surface area contributed by atoms with Gasteiger partial charge in [-0.05, 0) is 24.5 Å². The van der Waals surface area contributed by atoms with E-state index in [4.69, 9.17) is 5.73 Å². The Balaban J connectivity index is 2.02. The quantitative estimate of drug-likeness (QED) is 0.656. The van der Waals surface area contributed by atoms with Crippen LogP contribution in [0.1, 0.15) is 26.1 Å².